The Morgan fingerprint density at radius 1 is 1.32 bits per heavy atom. The van der Waals surface area contributed by atoms with Crippen molar-refractivity contribution in [1.29, 1.82) is 5.26 Å². The Hall–Kier alpha value is -2.11. The Balaban J connectivity index is 4.93. The molecule has 1 amide bonds. The van der Waals surface area contributed by atoms with Crippen LogP contribution in [0.5, 0.6) is 0 Å². The third-order valence-electron chi connectivity index (χ3n) is 1.83. The zero-order valence-electron chi connectivity index (χ0n) is 10.9. The van der Waals surface area contributed by atoms with Crippen molar-refractivity contribution in [2.24, 2.45) is 0 Å². The zero-order chi connectivity index (χ0) is 14.8. The minimum atomic E-state index is -1.23. The van der Waals surface area contributed by atoms with Crippen molar-refractivity contribution in [1.82, 2.24) is 5.32 Å². The molecule has 106 valence electrons. The van der Waals surface area contributed by atoms with E-state index in [1.165, 1.54) is 6.07 Å². The topological polar surface area (TPSA) is 118 Å². The van der Waals surface area contributed by atoms with Crippen LogP contribution in [0.3, 0.4) is 0 Å². The summed E-state index contributed by atoms with van der Waals surface area (Å²) in [6, 6.07) is 1.47. The first-order valence-corrected chi connectivity index (χ1v) is 5.47. The molecule has 19 heavy (non-hydrogen) atoms. The first kappa shape index (κ1) is 16.9. The largest absolute Gasteiger partial charge is 0.500 e. The number of aliphatic hydroxyl groups excluding tert-OH is 1. The van der Waals surface area contributed by atoms with Crippen LogP contribution in [0, 0.1) is 11.3 Å². The van der Waals surface area contributed by atoms with Gasteiger partial charge in [0.2, 0.25) is 12.0 Å². The SMILES string of the molecule is CCOC(OCC)C(=O)N/C(C#N)=C(/O)C(=O)OC. The molecule has 0 aliphatic carbocycles. The molecule has 0 radical (unpaired) electrons. The van der Waals surface area contributed by atoms with E-state index < -0.39 is 29.6 Å². The van der Waals surface area contributed by atoms with Gasteiger partial charge in [-0.1, -0.05) is 0 Å². The summed E-state index contributed by atoms with van der Waals surface area (Å²) in [5.41, 5.74) is -0.638. The van der Waals surface area contributed by atoms with Gasteiger partial charge in [-0.15, -0.1) is 0 Å². The molecule has 0 aromatic carbocycles. The van der Waals surface area contributed by atoms with Gasteiger partial charge in [0, 0.05) is 13.2 Å². The van der Waals surface area contributed by atoms with E-state index in [0.29, 0.717) is 0 Å². The predicted molar refractivity (Wildman–Crippen MR) is 62.5 cm³/mol. The van der Waals surface area contributed by atoms with Crippen LogP contribution in [0.1, 0.15) is 13.8 Å². The van der Waals surface area contributed by atoms with E-state index in [2.05, 4.69) is 4.74 Å². The predicted octanol–water partition coefficient (Wildman–Crippen LogP) is -0.0321. The van der Waals surface area contributed by atoms with Crippen molar-refractivity contribution in [3.63, 3.8) is 0 Å². The molecule has 0 fully saturated rings. The van der Waals surface area contributed by atoms with Crippen LogP contribution in [0.2, 0.25) is 0 Å². The standard InChI is InChI=1S/C11H16N2O6/c1-4-18-11(19-5-2)9(15)13-7(6-12)8(14)10(16)17-3/h11,14H,4-5H2,1-3H3,(H,13,15)/b8-7+. The highest BCUT2D eigenvalue weighted by atomic mass is 16.7. The molecule has 0 unspecified atom stereocenters. The Labute approximate surface area is 110 Å². The smallest absolute Gasteiger partial charge is 0.376 e. The number of rotatable bonds is 7. The fourth-order valence-electron chi connectivity index (χ4n) is 1.02. The number of methoxy groups -OCH3 is 1. The summed E-state index contributed by atoms with van der Waals surface area (Å²) >= 11 is 0. The highest BCUT2D eigenvalue weighted by Crippen LogP contribution is 2.02. The van der Waals surface area contributed by atoms with Gasteiger partial charge in [-0.05, 0) is 13.8 Å². The number of allylic oxidation sites excluding steroid dienone is 1. The van der Waals surface area contributed by atoms with Crippen LogP contribution in [0.15, 0.2) is 11.5 Å². The van der Waals surface area contributed by atoms with Crippen molar-refractivity contribution < 1.29 is 28.9 Å². The molecular weight excluding hydrogens is 256 g/mol. The number of aliphatic hydroxyl groups is 1. The zero-order valence-corrected chi connectivity index (χ0v) is 10.9. The molecule has 0 atom stereocenters. The lowest BCUT2D eigenvalue weighted by atomic mass is 10.3. The number of esters is 1. The highest BCUT2D eigenvalue weighted by Gasteiger charge is 2.23. The molecule has 0 heterocycles. The van der Waals surface area contributed by atoms with Crippen molar-refractivity contribution >= 4 is 11.9 Å². The maximum Gasteiger partial charge on any atom is 0.376 e. The van der Waals surface area contributed by atoms with E-state index in [4.69, 9.17) is 14.7 Å². The number of hydrogen-bond donors (Lipinski definition) is 2. The summed E-state index contributed by atoms with van der Waals surface area (Å²) in [6.07, 6.45) is -1.23. The van der Waals surface area contributed by atoms with Crippen molar-refractivity contribution in [2.45, 2.75) is 20.1 Å². The van der Waals surface area contributed by atoms with Gasteiger partial charge in [0.15, 0.2) is 5.70 Å². The fraction of sp³-hybridized carbons (Fsp3) is 0.545. The minimum Gasteiger partial charge on any atom is -0.500 e. The molecule has 0 bridgehead atoms. The van der Waals surface area contributed by atoms with Gasteiger partial charge in [-0.25, -0.2) is 4.79 Å². The number of ether oxygens (including phenoxy) is 3. The maximum atomic E-state index is 11.7. The summed E-state index contributed by atoms with van der Waals surface area (Å²) in [5, 5.41) is 20.1. The number of hydrogen-bond acceptors (Lipinski definition) is 7. The molecular formula is C11H16N2O6. The van der Waals surface area contributed by atoms with Crippen molar-refractivity contribution in [3.05, 3.63) is 11.5 Å². The number of amides is 1. The minimum absolute atomic E-state index is 0.215. The van der Waals surface area contributed by atoms with Gasteiger partial charge in [0.25, 0.3) is 5.91 Å². The molecule has 0 saturated carbocycles. The van der Waals surface area contributed by atoms with Crippen LogP contribution in [-0.4, -0.2) is 43.6 Å². The lowest BCUT2D eigenvalue weighted by Crippen LogP contribution is -2.38. The summed E-state index contributed by atoms with van der Waals surface area (Å²) in [5.74, 6) is -2.94. The Morgan fingerprint density at radius 3 is 2.21 bits per heavy atom. The normalized spacial score (nSPS) is 11.5. The lowest BCUT2D eigenvalue weighted by Gasteiger charge is -2.16. The third-order valence-corrected chi connectivity index (χ3v) is 1.83. The molecule has 0 aromatic rings. The Bertz CT molecular complexity index is 392. The third kappa shape index (κ3) is 5.37. The molecule has 0 rings (SSSR count). The number of nitrogens with one attached hydrogen (secondary N) is 1. The molecule has 0 saturated heterocycles. The number of nitrogens with zero attached hydrogens (tertiary/aromatic N) is 1. The van der Waals surface area contributed by atoms with E-state index in [0.717, 1.165) is 7.11 Å². The number of carbonyl (C=O) groups excluding carboxylic acids is 2. The molecule has 0 aliphatic heterocycles. The summed E-state index contributed by atoms with van der Waals surface area (Å²) in [6.45, 7) is 3.75. The molecule has 2 N–H and O–H groups in total. The second-order valence-electron chi connectivity index (χ2n) is 3.06. The van der Waals surface area contributed by atoms with Crippen LogP contribution in [0.25, 0.3) is 0 Å². The second kappa shape index (κ2) is 8.91. The molecule has 8 heteroatoms. The quantitative estimate of drug-likeness (QED) is 0.219. The van der Waals surface area contributed by atoms with Gasteiger partial charge in [0.05, 0.1) is 7.11 Å². The van der Waals surface area contributed by atoms with Gasteiger partial charge >= 0.3 is 5.97 Å². The van der Waals surface area contributed by atoms with Crippen LogP contribution in [0.4, 0.5) is 0 Å². The average molecular weight is 272 g/mol. The second-order valence-corrected chi connectivity index (χ2v) is 3.06. The summed E-state index contributed by atoms with van der Waals surface area (Å²) < 4.78 is 14.2. The molecule has 0 aliphatic rings. The summed E-state index contributed by atoms with van der Waals surface area (Å²) in [4.78, 5) is 22.7. The molecule has 0 spiro atoms. The Morgan fingerprint density at radius 2 is 1.84 bits per heavy atom. The maximum absolute atomic E-state index is 11.7. The summed E-state index contributed by atoms with van der Waals surface area (Å²) in [7, 11) is 1.03. The van der Waals surface area contributed by atoms with Gasteiger partial charge in [-0.3, -0.25) is 4.79 Å². The van der Waals surface area contributed by atoms with Gasteiger partial charge in [-0.2, -0.15) is 5.26 Å². The van der Waals surface area contributed by atoms with E-state index >= 15 is 0 Å². The van der Waals surface area contributed by atoms with Crippen molar-refractivity contribution in [3.8, 4) is 6.07 Å². The highest BCUT2D eigenvalue weighted by molar-refractivity contribution is 5.89. The van der Waals surface area contributed by atoms with Gasteiger partial charge in [0.1, 0.15) is 6.07 Å². The average Bonchev–Trinajstić information content (AvgIpc) is 2.42. The first-order valence-electron chi connectivity index (χ1n) is 5.47. The van der Waals surface area contributed by atoms with E-state index in [1.807, 2.05) is 5.32 Å². The van der Waals surface area contributed by atoms with Crippen molar-refractivity contribution in [2.75, 3.05) is 20.3 Å². The molecule has 0 aromatic heterocycles. The van der Waals surface area contributed by atoms with Crippen LogP contribution in [-0.2, 0) is 23.8 Å². The van der Waals surface area contributed by atoms with Crippen LogP contribution >= 0.6 is 0 Å². The number of carbonyl (C=O) groups is 2. The fourth-order valence-corrected chi connectivity index (χ4v) is 1.02. The number of nitriles is 1. The van der Waals surface area contributed by atoms with E-state index in [-0.39, 0.29) is 13.2 Å². The monoisotopic (exact) mass is 272 g/mol. The van der Waals surface area contributed by atoms with Crippen LogP contribution < -0.4 is 5.32 Å². The van der Waals surface area contributed by atoms with E-state index in [1.54, 1.807) is 13.8 Å². The van der Waals surface area contributed by atoms with E-state index in [9.17, 15) is 14.7 Å². The molecule has 8 nitrogen and oxygen atoms in total. The lowest BCUT2D eigenvalue weighted by molar-refractivity contribution is -0.169. The van der Waals surface area contributed by atoms with Gasteiger partial charge < -0.3 is 24.6 Å². The first-order chi connectivity index (χ1) is 9.01. The Kier molecular flexibility index (Phi) is 7.92.